The van der Waals surface area contributed by atoms with E-state index in [2.05, 4.69) is 30.4 Å². The zero-order chi connectivity index (χ0) is 19.5. The van der Waals surface area contributed by atoms with Crippen LogP contribution in [-0.2, 0) is 0 Å². The van der Waals surface area contributed by atoms with Crippen molar-refractivity contribution in [2.24, 2.45) is 0 Å². The second-order valence-electron chi connectivity index (χ2n) is 6.85. The minimum atomic E-state index is -0.420. The highest BCUT2D eigenvalue weighted by molar-refractivity contribution is 6.10. The average Bonchev–Trinajstić information content (AvgIpc) is 3.24. The summed E-state index contributed by atoms with van der Waals surface area (Å²) in [5.74, 6) is 0.379. The van der Waals surface area contributed by atoms with Gasteiger partial charge in [-0.1, -0.05) is 0 Å². The van der Waals surface area contributed by atoms with Crippen LogP contribution in [-0.4, -0.2) is 39.2 Å². The number of rotatable bonds is 4. The quantitative estimate of drug-likeness (QED) is 0.723. The summed E-state index contributed by atoms with van der Waals surface area (Å²) in [6, 6.07) is 5.97. The Hall–Kier alpha value is -3.29. The molecule has 1 fully saturated rings. The van der Waals surface area contributed by atoms with E-state index in [1.165, 1.54) is 30.9 Å². The smallest absolute Gasteiger partial charge is 0.259 e. The summed E-state index contributed by atoms with van der Waals surface area (Å²) in [4.78, 5) is 23.9. The number of hydrogen-bond donors (Lipinski definition) is 2. The van der Waals surface area contributed by atoms with E-state index in [4.69, 9.17) is 0 Å². The summed E-state index contributed by atoms with van der Waals surface area (Å²) >= 11 is 0. The van der Waals surface area contributed by atoms with Crippen LogP contribution in [0, 0.1) is 12.7 Å². The van der Waals surface area contributed by atoms with Gasteiger partial charge < -0.3 is 10.2 Å². The molecule has 8 heteroatoms. The SMILES string of the molecule is Cc1ccnc(N2CCCCC2)c1C(=O)Nc1ccc(F)cc1-c1ncn[nH]1. The summed E-state index contributed by atoms with van der Waals surface area (Å²) < 4.78 is 13.8. The molecule has 0 unspecified atom stereocenters. The predicted octanol–water partition coefficient (Wildman–Crippen LogP) is 3.56. The first kappa shape index (κ1) is 18.1. The van der Waals surface area contributed by atoms with Crippen LogP contribution >= 0.6 is 0 Å². The number of aromatic nitrogens is 4. The van der Waals surface area contributed by atoms with E-state index >= 15 is 0 Å². The lowest BCUT2D eigenvalue weighted by atomic mass is 10.1. The summed E-state index contributed by atoms with van der Waals surface area (Å²) in [5, 5.41) is 9.42. The molecule has 1 aliphatic heterocycles. The normalized spacial score (nSPS) is 14.1. The number of carbonyl (C=O) groups is 1. The van der Waals surface area contributed by atoms with Gasteiger partial charge in [-0.3, -0.25) is 9.89 Å². The molecule has 7 nitrogen and oxygen atoms in total. The van der Waals surface area contributed by atoms with Crippen LogP contribution in [0.4, 0.5) is 15.9 Å². The molecule has 4 rings (SSSR count). The third kappa shape index (κ3) is 3.58. The molecular formula is C20H21FN6O. The van der Waals surface area contributed by atoms with E-state index in [0.717, 1.165) is 31.5 Å². The molecule has 0 bridgehead atoms. The van der Waals surface area contributed by atoms with Gasteiger partial charge in [0, 0.05) is 24.8 Å². The maximum atomic E-state index is 13.8. The van der Waals surface area contributed by atoms with E-state index in [1.54, 1.807) is 6.20 Å². The van der Waals surface area contributed by atoms with Crippen molar-refractivity contribution in [3.8, 4) is 11.4 Å². The van der Waals surface area contributed by atoms with Crippen molar-refractivity contribution in [3.05, 3.63) is 53.7 Å². The number of halogens is 1. The number of pyridine rings is 1. The molecule has 2 N–H and O–H groups in total. The summed E-state index contributed by atoms with van der Waals surface area (Å²) in [7, 11) is 0. The van der Waals surface area contributed by atoms with Gasteiger partial charge >= 0.3 is 0 Å². The second-order valence-corrected chi connectivity index (χ2v) is 6.85. The summed E-state index contributed by atoms with van der Waals surface area (Å²) in [6.07, 6.45) is 6.44. The number of hydrogen-bond acceptors (Lipinski definition) is 5. The highest BCUT2D eigenvalue weighted by Gasteiger charge is 2.23. The number of carbonyl (C=O) groups excluding carboxylic acids is 1. The Kier molecular flexibility index (Phi) is 5.01. The fraction of sp³-hybridized carbons (Fsp3) is 0.300. The molecule has 28 heavy (non-hydrogen) atoms. The Bertz CT molecular complexity index is 982. The zero-order valence-electron chi connectivity index (χ0n) is 15.6. The Labute approximate surface area is 162 Å². The van der Waals surface area contributed by atoms with Crippen molar-refractivity contribution in [1.82, 2.24) is 20.2 Å². The first-order valence-electron chi connectivity index (χ1n) is 9.30. The standard InChI is InChI=1S/C20H21FN6O/c1-13-7-8-22-19(27-9-3-2-4-10-27)17(13)20(28)25-16-6-5-14(21)11-15(16)18-23-12-24-26-18/h5-8,11-12H,2-4,9-10H2,1H3,(H,25,28)(H,23,24,26). The fourth-order valence-corrected chi connectivity index (χ4v) is 3.51. The lowest BCUT2D eigenvalue weighted by Crippen LogP contribution is -2.32. The first-order valence-corrected chi connectivity index (χ1v) is 9.30. The molecule has 3 aromatic rings. The van der Waals surface area contributed by atoms with Crippen molar-refractivity contribution in [3.63, 3.8) is 0 Å². The van der Waals surface area contributed by atoms with E-state index in [0.29, 0.717) is 28.5 Å². The number of aryl methyl sites for hydroxylation is 1. The number of benzene rings is 1. The first-order chi connectivity index (χ1) is 13.6. The van der Waals surface area contributed by atoms with Crippen molar-refractivity contribution >= 4 is 17.4 Å². The van der Waals surface area contributed by atoms with E-state index in [9.17, 15) is 9.18 Å². The van der Waals surface area contributed by atoms with Gasteiger partial charge in [0.2, 0.25) is 0 Å². The van der Waals surface area contributed by atoms with Crippen LogP contribution in [0.3, 0.4) is 0 Å². The zero-order valence-corrected chi connectivity index (χ0v) is 15.6. The van der Waals surface area contributed by atoms with Gasteiger partial charge in [-0.25, -0.2) is 14.4 Å². The molecule has 2 aromatic heterocycles. The minimum Gasteiger partial charge on any atom is -0.356 e. The maximum absolute atomic E-state index is 13.8. The Morgan fingerprint density at radius 2 is 2.00 bits per heavy atom. The molecule has 1 aliphatic rings. The van der Waals surface area contributed by atoms with Gasteiger partial charge in [0.15, 0.2) is 5.82 Å². The third-order valence-electron chi connectivity index (χ3n) is 4.92. The average molecular weight is 380 g/mol. The Morgan fingerprint density at radius 1 is 1.18 bits per heavy atom. The lowest BCUT2D eigenvalue weighted by Gasteiger charge is -2.29. The number of nitrogens with zero attached hydrogens (tertiary/aromatic N) is 4. The Morgan fingerprint density at radius 3 is 2.75 bits per heavy atom. The predicted molar refractivity (Wildman–Crippen MR) is 105 cm³/mol. The molecule has 0 atom stereocenters. The molecule has 3 heterocycles. The van der Waals surface area contributed by atoms with Crippen molar-refractivity contribution in [2.75, 3.05) is 23.3 Å². The number of anilines is 2. The lowest BCUT2D eigenvalue weighted by molar-refractivity contribution is 0.102. The molecule has 1 saturated heterocycles. The molecular weight excluding hydrogens is 359 g/mol. The van der Waals surface area contributed by atoms with Gasteiger partial charge in [0.25, 0.3) is 5.91 Å². The van der Waals surface area contributed by atoms with Crippen molar-refractivity contribution < 1.29 is 9.18 Å². The van der Waals surface area contributed by atoms with Crippen molar-refractivity contribution in [1.29, 1.82) is 0 Å². The molecule has 1 amide bonds. The second kappa shape index (κ2) is 7.75. The highest BCUT2D eigenvalue weighted by atomic mass is 19.1. The van der Waals surface area contributed by atoms with Crippen LogP contribution in [0.15, 0.2) is 36.8 Å². The Balaban J connectivity index is 1.69. The van der Waals surface area contributed by atoms with E-state index in [1.807, 2.05) is 13.0 Å². The van der Waals surface area contributed by atoms with Crippen LogP contribution in [0.1, 0.15) is 35.2 Å². The minimum absolute atomic E-state index is 0.279. The monoisotopic (exact) mass is 380 g/mol. The highest BCUT2D eigenvalue weighted by Crippen LogP contribution is 2.29. The number of nitrogens with one attached hydrogen (secondary N) is 2. The largest absolute Gasteiger partial charge is 0.356 e. The topological polar surface area (TPSA) is 86.8 Å². The summed E-state index contributed by atoms with van der Waals surface area (Å²) in [6.45, 7) is 3.67. The van der Waals surface area contributed by atoms with Crippen LogP contribution in [0.25, 0.3) is 11.4 Å². The molecule has 0 saturated carbocycles. The van der Waals surface area contributed by atoms with Crippen LogP contribution < -0.4 is 10.2 Å². The number of aromatic amines is 1. The number of H-pyrrole nitrogens is 1. The van der Waals surface area contributed by atoms with Crippen LogP contribution in [0.2, 0.25) is 0 Å². The van der Waals surface area contributed by atoms with Crippen LogP contribution in [0.5, 0.6) is 0 Å². The van der Waals surface area contributed by atoms with E-state index < -0.39 is 5.82 Å². The maximum Gasteiger partial charge on any atom is 0.259 e. The molecule has 1 aromatic carbocycles. The van der Waals surface area contributed by atoms with Gasteiger partial charge in [0.1, 0.15) is 18.0 Å². The summed E-state index contributed by atoms with van der Waals surface area (Å²) in [5.41, 5.74) is 2.27. The molecule has 0 spiro atoms. The molecule has 144 valence electrons. The molecule has 0 radical (unpaired) electrons. The third-order valence-corrected chi connectivity index (χ3v) is 4.92. The van der Waals surface area contributed by atoms with E-state index in [-0.39, 0.29) is 5.91 Å². The number of piperidine rings is 1. The van der Waals surface area contributed by atoms with Gasteiger partial charge in [-0.05, 0) is 56.0 Å². The number of amides is 1. The van der Waals surface area contributed by atoms with Gasteiger partial charge in [-0.15, -0.1) is 0 Å². The van der Waals surface area contributed by atoms with Crippen molar-refractivity contribution in [2.45, 2.75) is 26.2 Å². The molecule has 0 aliphatic carbocycles. The fourth-order valence-electron chi connectivity index (χ4n) is 3.51. The van der Waals surface area contributed by atoms with Gasteiger partial charge in [0.05, 0.1) is 11.3 Å². The van der Waals surface area contributed by atoms with Gasteiger partial charge in [-0.2, -0.15) is 5.10 Å².